The van der Waals surface area contributed by atoms with E-state index in [1.807, 2.05) is 6.07 Å². The molecule has 0 aromatic heterocycles. The van der Waals surface area contributed by atoms with Crippen LogP contribution in [0.2, 0.25) is 5.02 Å². The van der Waals surface area contributed by atoms with Crippen molar-refractivity contribution in [2.45, 2.75) is 31.1 Å². The first kappa shape index (κ1) is 15.3. The van der Waals surface area contributed by atoms with E-state index in [0.717, 1.165) is 19.3 Å². The van der Waals surface area contributed by atoms with Gasteiger partial charge in [-0.1, -0.05) is 24.9 Å². The molecular formula is C14H17ClN2O2S. The van der Waals surface area contributed by atoms with Crippen molar-refractivity contribution in [3.63, 3.8) is 0 Å². The van der Waals surface area contributed by atoms with Gasteiger partial charge in [-0.15, -0.1) is 0 Å². The highest BCUT2D eigenvalue weighted by molar-refractivity contribution is 7.89. The predicted molar refractivity (Wildman–Crippen MR) is 77.9 cm³/mol. The summed E-state index contributed by atoms with van der Waals surface area (Å²) < 4.78 is 26.8. The molecule has 0 radical (unpaired) electrons. The predicted octanol–water partition coefficient (Wildman–Crippen LogP) is 3.02. The SMILES string of the molecule is CCC1CCCN(S(=O)(=O)c2cc(C#N)ccc2Cl)C1. The normalized spacial score (nSPS) is 20.6. The van der Waals surface area contributed by atoms with Crippen LogP contribution in [0.15, 0.2) is 23.1 Å². The number of sulfonamides is 1. The number of rotatable bonds is 3. The third kappa shape index (κ3) is 2.98. The van der Waals surface area contributed by atoms with Crippen LogP contribution in [0.3, 0.4) is 0 Å². The molecule has 1 fully saturated rings. The molecule has 1 aliphatic rings. The van der Waals surface area contributed by atoms with Crippen molar-refractivity contribution >= 4 is 21.6 Å². The van der Waals surface area contributed by atoms with Crippen LogP contribution < -0.4 is 0 Å². The van der Waals surface area contributed by atoms with Gasteiger partial charge < -0.3 is 0 Å². The summed E-state index contributed by atoms with van der Waals surface area (Å²) in [5.41, 5.74) is 0.303. The van der Waals surface area contributed by atoms with Crippen molar-refractivity contribution in [2.75, 3.05) is 13.1 Å². The zero-order chi connectivity index (χ0) is 14.8. The first-order valence-corrected chi connectivity index (χ1v) is 8.50. The lowest BCUT2D eigenvalue weighted by Gasteiger charge is -2.31. The van der Waals surface area contributed by atoms with Crippen LogP contribution in [-0.2, 0) is 10.0 Å². The van der Waals surface area contributed by atoms with Gasteiger partial charge in [0.05, 0.1) is 16.7 Å². The molecular weight excluding hydrogens is 296 g/mol. The first-order valence-electron chi connectivity index (χ1n) is 6.68. The molecule has 1 aromatic carbocycles. The van der Waals surface area contributed by atoms with Gasteiger partial charge in [0, 0.05) is 13.1 Å². The topological polar surface area (TPSA) is 61.2 Å². The van der Waals surface area contributed by atoms with E-state index in [2.05, 4.69) is 6.92 Å². The quantitative estimate of drug-likeness (QED) is 0.862. The van der Waals surface area contributed by atoms with Crippen molar-refractivity contribution in [1.82, 2.24) is 4.31 Å². The second-order valence-electron chi connectivity index (χ2n) is 5.04. The molecule has 0 spiro atoms. The number of piperidine rings is 1. The van der Waals surface area contributed by atoms with Crippen LogP contribution in [-0.4, -0.2) is 25.8 Å². The van der Waals surface area contributed by atoms with Crippen LogP contribution in [0.4, 0.5) is 0 Å². The molecule has 108 valence electrons. The van der Waals surface area contributed by atoms with E-state index in [1.54, 1.807) is 0 Å². The number of hydrogen-bond acceptors (Lipinski definition) is 3. The van der Waals surface area contributed by atoms with Gasteiger partial charge >= 0.3 is 0 Å². The van der Waals surface area contributed by atoms with E-state index >= 15 is 0 Å². The molecule has 1 unspecified atom stereocenters. The Morgan fingerprint density at radius 3 is 2.90 bits per heavy atom. The van der Waals surface area contributed by atoms with Gasteiger partial charge in [-0.05, 0) is 37.0 Å². The van der Waals surface area contributed by atoms with E-state index in [0.29, 0.717) is 24.6 Å². The van der Waals surface area contributed by atoms with Gasteiger partial charge in [-0.25, -0.2) is 8.42 Å². The lowest BCUT2D eigenvalue weighted by molar-refractivity contribution is 0.261. The maximum atomic E-state index is 12.7. The van der Waals surface area contributed by atoms with Crippen molar-refractivity contribution in [3.8, 4) is 6.07 Å². The van der Waals surface area contributed by atoms with Gasteiger partial charge in [0.1, 0.15) is 4.90 Å². The average molecular weight is 313 g/mol. The summed E-state index contributed by atoms with van der Waals surface area (Å²) in [4.78, 5) is 0.0370. The molecule has 4 nitrogen and oxygen atoms in total. The van der Waals surface area contributed by atoms with E-state index in [4.69, 9.17) is 16.9 Å². The van der Waals surface area contributed by atoms with Crippen molar-refractivity contribution in [2.24, 2.45) is 5.92 Å². The fourth-order valence-corrected chi connectivity index (χ4v) is 4.54. The Morgan fingerprint density at radius 2 is 2.25 bits per heavy atom. The maximum Gasteiger partial charge on any atom is 0.244 e. The average Bonchev–Trinajstić information content (AvgIpc) is 2.47. The minimum atomic E-state index is -3.62. The van der Waals surface area contributed by atoms with E-state index in [-0.39, 0.29) is 9.92 Å². The zero-order valence-electron chi connectivity index (χ0n) is 11.3. The third-order valence-corrected chi connectivity index (χ3v) is 6.08. The Kier molecular flexibility index (Phi) is 4.69. The van der Waals surface area contributed by atoms with Crippen LogP contribution in [0.1, 0.15) is 31.7 Å². The van der Waals surface area contributed by atoms with Crippen LogP contribution in [0.5, 0.6) is 0 Å². The number of benzene rings is 1. The lowest BCUT2D eigenvalue weighted by Crippen LogP contribution is -2.39. The molecule has 6 heteroatoms. The molecule has 1 aromatic rings. The molecule has 0 amide bonds. The monoisotopic (exact) mass is 312 g/mol. The number of hydrogen-bond donors (Lipinski definition) is 0. The molecule has 1 atom stereocenters. The fourth-order valence-electron chi connectivity index (χ4n) is 2.49. The third-order valence-electron chi connectivity index (χ3n) is 3.74. The standard InChI is InChI=1S/C14H17ClN2O2S/c1-2-11-4-3-7-17(10-11)20(18,19)14-8-12(9-16)5-6-13(14)15/h5-6,8,11H,2-4,7,10H2,1H3. The highest BCUT2D eigenvalue weighted by Crippen LogP contribution is 2.29. The Balaban J connectivity index is 2.37. The number of halogens is 1. The highest BCUT2D eigenvalue weighted by Gasteiger charge is 2.31. The van der Waals surface area contributed by atoms with Gasteiger partial charge in [-0.3, -0.25) is 0 Å². The van der Waals surface area contributed by atoms with E-state index in [1.165, 1.54) is 22.5 Å². The fraction of sp³-hybridized carbons (Fsp3) is 0.500. The Labute approximate surface area is 125 Å². The molecule has 20 heavy (non-hydrogen) atoms. The molecule has 0 bridgehead atoms. The molecule has 2 rings (SSSR count). The van der Waals surface area contributed by atoms with Crippen LogP contribution in [0.25, 0.3) is 0 Å². The van der Waals surface area contributed by atoms with Gasteiger partial charge in [0.2, 0.25) is 10.0 Å². The summed E-state index contributed by atoms with van der Waals surface area (Å²) in [6.45, 7) is 3.13. The Hall–Kier alpha value is -1.09. The summed E-state index contributed by atoms with van der Waals surface area (Å²) in [5.74, 6) is 0.399. The van der Waals surface area contributed by atoms with Crippen molar-refractivity contribution < 1.29 is 8.42 Å². The minimum absolute atomic E-state index is 0.0370. The smallest absolute Gasteiger partial charge is 0.207 e. The number of nitrogens with zero attached hydrogens (tertiary/aromatic N) is 2. The summed E-state index contributed by atoms with van der Waals surface area (Å²) >= 11 is 6.01. The van der Waals surface area contributed by atoms with Crippen LogP contribution in [0, 0.1) is 17.2 Å². The molecule has 1 aliphatic heterocycles. The van der Waals surface area contributed by atoms with Crippen molar-refractivity contribution in [3.05, 3.63) is 28.8 Å². The molecule has 1 saturated heterocycles. The second-order valence-corrected chi connectivity index (χ2v) is 7.35. The molecule has 0 aliphatic carbocycles. The van der Waals surface area contributed by atoms with Crippen molar-refractivity contribution in [1.29, 1.82) is 5.26 Å². The second kappa shape index (κ2) is 6.13. The lowest BCUT2D eigenvalue weighted by atomic mass is 9.97. The summed E-state index contributed by atoms with van der Waals surface area (Å²) in [5, 5.41) is 9.08. The minimum Gasteiger partial charge on any atom is -0.207 e. The summed E-state index contributed by atoms with van der Waals surface area (Å²) in [6, 6.07) is 6.29. The number of nitriles is 1. The molecule has 0 N–H and O–H groups in total. The van der Waals surface area contributed by atoms with Gasteiger partial charge in [0.15, 0.2) is 0 Å². The first-order chi connectivity index (χ1) is 9.48. The maximum absolute atomic E-state index is 12.7. The zero-order valence-corrected chi connectivity index (χ0v) is 12.9. The van der Waals surface area contributed by atoms with E-state index < -0.39 is 10.0 Å². The van der Waals surface area contributed by atoms with E-state index in [9.17, 15) is 8.42 Å². The summed E-state index contributed by atoms with van der Waals surface area (Å²) in [6.07, 6.45) is 2.90. The van der Waals surface area contributed by atoms with Crippen LogP contribution >= 0.6 is 11.6 Å². The Bertz CT molecular complexity index is 637. The molecule has 1 heterocycles. The summed E-state index contributed by atoms with van der Waals surface area (Å²) in [7, 11) is -3.62. The Morgan fingerprint density at radius 1 is 1.50 bits per heavy atom. The largest absolute Gasteiger partial charge is 0.244 e. The van der Waals surface area contributed by atoms with Gasteiger partial charge in [0.25, 0.3) is 0 Å². The molecule has 0 saturated carbocycles. The highest BCUT2D eigenvalue weighted by atomic mass is 35.5. The van der Waals surface area contributed by atoms with Gasteiger partial charge in [-0.2, -0.15) is 9.57 Å².